The minimum Gasteiger partial charge on any atom is -0.494 e. The number of aromatic nitrogens is 2. The van der Waals surface area contributed by atoms with E-state index in [1.54, 1.807) is 33.2 Å². The lowest BCUT2D eigenvalue weighted by Gasteiger charge is -2.33. The number of rotatable bonds is 7. The van der Waals surface area contributed by atoms with Gasteiger partial charge in [0.2, 0.25) is 5.91 Å². The Morgan fingerprint density at radius 2 is 1.90 bits per heavy atom. The van der Waals surface area contributed by atoms with E-state index in [1.807, 2.05) is 31.2 Å². The predicted molar refractivity (Wildman–Crippen MR) is 114 cm³/mol. The number of amides is 3. The van der Waals surface area contributed by atoms with Crippen molar-refractivity contribution in [2.24, 2.45) is 0 Å². The van der Waals surface area contributed by atoms with Gasteiger partial charge in [-0.05, 0) is 50.1 Å². The number of hydrogen-bond donors (Lipinski definition) is 0. The fraction of sp³-hybridized carbons (Fsp3) is 0.455. The van der Waals surface area contributed by atoms with Gasteiger partial charge in [-0.2, -0.15) is 0 Å². The molecule has 0 bridgehead atoms. The van der Waals surface area contributed by atoms with E-state index in [2.05, 4.69) is 9.97 Å². The highest BCUT2D eigenvalue weighted by molar-refractivity contribution is 5.96. The van der Waals surface area contributed by atoms with Gasteiger partial charge in [-0.1, -0.05) is 0 Å². The van der Waals surface area contributed by atoms with E-state index >= 15 is 0 Å². The Labute approximate surface area is 181 Å². The van der Waals surface area contributed by atoms with Gasteiger partial charge in [0.15, 0.2) is 0 Å². The number of anilines is 1. The van der Waals surface area contributed by atoms with Crippen molar-refractivity contribution in [3.05, 3.63) is 42.7 Å². The van der Waals surface area contributed by atoms with Crippen molar-refractivity contribution in [1.82, 2.24) is 19.8 Å². The van der Waals surface area contributed by atoms with Crippen molar-refractivity contribution in [3.63, 3.8) is 0 Å². The molecule has 2 aliphatic heterocycles. The molecule has 9 heteroatoms. The van der Waals surface area contributed by atoms with Gasteiger partial charge in [-0.15, -0.1) is 0 Å². The lowest BCUT2D eigenvalue weighted by Crippen LogP contribution is -2.48. The standard InChI is InChI=1S/C22H27N5O4/c1-2-30-18-8-6-17(7-9-18)27-14-13-26(22(27)29)16-20(28)25-12-3-5-19(15-25)31-21-23-10-4-11-24-21/h4,6-11,19H,2-3,5,12-16H2,1H3. The van der Waals surface area contributed by atoms with Crippen LogP contribution in [-0.2, 0) is 4.79 Å². The summed E-state index contributed by atoms with van der Waals surface area (Å²) in [6.07, 6.45) is 4.80. The second-order valence-electron chi connectivity index (χ2n) is 7.54. The molecule has 0 spiro atoms. The molecular weight excluding hydrogens is 398 g/mol. The topological polar surface area (TPSA) is 88.1 Å². The molecule has 3 amide bonds. The summed E-state index contributed by atoms with van der Waals surface area (Å²) in [5.74, 6) is 0.705. The Hall–Kier alpha value is -3.36. The fourth-order valence-electron chi connectivity index (χ4n) is 3.88. The number of hydrogen-bond acceptors (Lipinski definition) is 6. The molecule has 1 aromatic carbocycles. The van der Waals surface area contributed by atoms with Gasteiger partial charge in [-0.3, -0.25) is 9.69 Å². The third-order valence-electron chi connectivity index (χ3n) is 5.43. The van der Waals surface area contributed by atoms with Crippen LogP contribution in [0.5, 0.6) is 11.8 Å². The van der Waals surface area contributed by atoms with Gasteiger partial charge in [0.05, 0.1) is 13.2 Å². The van der Waals surface area contributed by atoms with Crippen molar-refractivity contribution in [1.29, 1.82) is 0 Å². The second kappa shape index (κ2) is 9.63. The molecule has 0 radical (unpaired) electrons. The van der Waals surface area contributed by atoms with E-state index < -0.39 is 0 Å². The van der Waals surface area contributed by atoms with E-state index in [4.69, 9.17) is 9.47 Å². The maximum Gasteiger partial charge on any atom is 0.325 e. The molecule has 0 N–H and O–H groups in total. The number of nitrogens with zero attached hydrogens (tertiary/aromatic N) is 5. The summed E-state index contributed by atoms with van der Waals surface area (Å²) >= 11 is 0. The first-order valence-electron chi connectivity index (χ1n) is 10.6. The zero-order chi connectivity index (χ0) is 21.6. The molecule has 2 saturated heterocycles. The molecule has 1 unspecified atom stereocenters. The van der Waals surface area contributed by atoms with Crippen molar-refractivity contribution >= 4 is 17.6 Å². The number of likely N-dealkylation sites (tertiary alicyclic amines) is 1. The first-order valence-corrected chi connectivity index (χ1v) is 10.6. The first kappa shape index (κ1) is 20.9. The minimum absolute atomic E-state index is 0.0656. The number of carbonyl (C=O) groups is 2. The summed E-state index contributed by atoms with van der Waals surface area (Å²) in [6, 6.07) is 9.34. The van der Waals surface area contributed by atoms with E-state index in [0.717, 1.165) is 24.3 Å². The van der Waals surface area contributed by atoms with Crippen molar-refractivity contribution in [3.8, 4) is 11.8 Å². The summed E-state index contributed by atoms with van der Waals surface area (Å²) in [5.41, 5.74) is 0.803. The van der Waals surface area contributed by atoms with Gasteiger partial charge in [0.1, 0.15) is 18.4 Å². The van der Waals surface area contributed by atoms with Crippen LogP contribution in [0.15, 0.2) is 42.7 Å². The summed E-state index contributed by atoms with van der Waals surface area (Å²) in [4.78, 5) is 38.9. The average molecular weight is 425 g/mol. The quantitative estimate of drug-likeness (QED) is 0.676. The summed E-state index contributed by atoms with van der Waals surface area (Å²) < 4.78 is 11.3. The van der Waals surface area contributed by atoms with Crippen LogP contribution in [0.1, 0.15) is 19.8 Å². The third kappa shape index (κ3) is 5.04. The maximum absolute atomic E-state index is 12.9. The average Bonchev–Trinajstić information content (AvgIpc) is 3.15. The second-order valence-corrected chi connectivity index (χ2v) is 7.54. The maximum atomic E-state index is 12.9. The molecule has 1 aromatic heterocycles. The highest BCUT2D eigenvalue weighted by Crippen LogP contribution is 2.24. The normalized spacial score (nSPS) is 18.9. The van der Waals surface area contributed by atoms with Crippen LogP contribution in [0.25, 0.3) is 0 Å². The van der Waals surface area contributed by atoms with Gasteiger partial charge in [0, 0.05) is 37.7 Å². The summed E-state index contributed by atoms with van der Waals surface area (Å²) in [6.45, 7) is 4.81. The highest BCUT2D eigenvalue weighted by Gasteiger charge is 2.33. The number of piperidine rings is 1. The Balaban J connectivity index is 1.31. The molecule has 4 rings (SSSR count). The van der Waals surface area contributed by atoms with Gasteiger partial charge >= 0.3 is 12.0 Å². The summed E-state index contributed by atoms with van der Waals surface area (Å²) in [5, 5.41) is 0. The lowest BCUT2D eigenvalue weighted by atomic mass is 10.1. The molecule has 164 valence electrons. The number of ether oxygens (including phenoxy) is 2. The molecular formula is C22H27N5O4. The monoisotopic (exact) mass is 425 g/mol. The summed E-state index contributed by atoms with van der Waals surface area (Å²) in [7, 11) is 0. The van der Waals surface area contributed by atoms with Gasteiger partial charge < -0.3 is 19.3 Å². The van der Waals surface area contributed by atoms with Crippen LogP contribution in [0.2, 0.25) is 0 Å². The smallest absolute Gasteiger partial charge is 0.325 e. The minimum atomic E-state index is -0.153. The van der Waals surface area contributed by atoms with E-state index in [0.29, 0.717) is 38.8 Å². The first-order chi connectivity index (χ1) is 15.1. The number of benzene rings is 1. The largest absolute Gasteiger partial charge is 0.494 e. The molecule has 3 heterocycles. The zero-order valence-corrected chi connectivity index (χ0v) is 17.6. The molecule has 1 atom stereocenters. The van der Waals surface area contributed by atoms with Gasteiger partial charge in [-0.25, -0.2) is 14.8 Å². The van der Waals surface area contributed by atoms with Crippen LogP contribution < -0.4 is 14.4 Å². The molecule has 2 fully saturated rings. The number of carbonyl (C=O) groups excluding carboxylic acids is 2. The van der Waals surface area contributed by atoms with E-state index in [1.165, 1.54) is 0 Å². The SMILES string of the molecule is CCOc1ccc(N2CCN(CC(=O)N3CCCC(Oc4ncccn4)C3)C2=O)cc1. The molecule has 0 saturated carbocycles. The Bertz CT molecular complexity index is 893. The van der Waals surface area contributed by atoms with E-state index in [9.17, 15) is 9.59 Å². The Morgan fingerprint density at radius 3 is 2.65 bits per heavy atom. The lowest BCUT2D eigenvalue weighted by molar-refractivity contribution is -0.134. The predicted octanol–water partition coefficient (Wildman–Crippen LogP) is 2.19. The van der Waals surface area contributed by atoms with Crippen molar-refractivity contribution < 1.29 is 19.1 Å². The Morgan fingerprint density at radius 1 is 1.13 bits per heavy atom. The molecule has 9 nitrogen and oxygen atoms in total. The van der Waals surface area contributed by atoms with Gasteiger partial charge in [0.25, 0.3) is 0 Å². The van der Waals surface area contributed by atoms with E-state index in [-0.39, 0.29) is 24.6 Å². The fourth-order valence-corrected chi connectivity index (χ4v) is 3.88. The molecule has 31 heavy (non-hydrogen) atoms. The molecule has 2 aliphatic rings. The third-order valence-corrected chi connectivity index (χ3v) is 5.43. The highest BCUT2D eigenvalue weighted by atomic mass is 16.5. The number of urea groups is 1. The van der Waals surface area contributed by atoms with Crippen LogP contribution in [-0.4, -0.2) is 77.1 Å². The van der Waals surface area contributed by atoms with Crippen LogP contribution in [0, 0.1) is 0 Å². The van der Waals surface area contributed by atoms with Crippen LogP contribution >= 0.6 is 0 Å². The zero-order valence-electron chi connectivity index (χ0n) is 17.6. The Kier molecular flexibility index (Phi) is 6.49. The van der Waals surface area contributed by atoms with Crippen LogP contribution in [0.4, 0.5) is 10.5 Å². The molecule has 0 aliphatic carbocycles. The van der Waals surface area contributed by atoms with Crippen molar-refractivity contribution in [2.45, 2.75) is 25.9 Å². The van der Waals surface area contributed by atoms with Crippen LogP contribution in [0.3, 0.4) is 0 Å². The van der Waals surface area contributed by atoms with Crippen molar-refractivity contribution in [2.75, 3.05) is 44.2 Å². The molecule has 2 aromatic rings.